The van der Waals surface area contributed by atoms with Crippen molar-refractivity contribution in [3.8, 4) is 6.07 Å². The number of rotatable bonds is 11. The summed E-state index contributed by atoms with van der Waals surface area (Å²) < 4.78 is 41.5. The Kier molecular flexibility index (Phi) is 14.2. The molecule has 1 saturated carbocycles. The van der Waals surface area contributed by atoms with E-state index in [1.165, 1.54) is 6.07 Å². The van der Waals surface area contributed by atoms with Gasteiger partial charge in [-0.3, -0.25) is 29.4 Å². The van der Waals surface area contributed by atoms with Crippen LogP contribution in [0.25, 0.3) is 0 Å². The van der Waals surface area contributed by atoms with Gasteiger partial charge >= 0.3 is 12.2 Å². The average molecular weight is 847 g/mol. The molecule has 3 atom stereocenters. The number of carbonyl (C=O) groups is 5. The number of hydrogen-bond acceptors (Lipinski definition) is 10. The van der Waals surface area contributed by atoms with E-state index in [9.17, 15) is 37.1 Å². The maximum absolute atomic E-state index is 13.6. The SMILES string of the molecule is C[C@@H]1CN(CCCC2CCC(N3C(=O)N(Sc4cnc(C#N)c(C(F)(F)F)c4)C(=O)C3(C)C)CC2)C[C@H](C)N1CC(=O)Nc1ccc(C2CCC(=O)NC2=O)cc1.Cl. The smallest absolute Gasteiger partial charge is 0.325 e. The van der Waals surface area contributed by atoms with Crippen LogP contribution in [0.4, 0.5) is 23.7 Å². The first-order chi connectivity index (χ1) is 27.0. The number of nitrogens with zero attached hydrogens (tertiary/aromatic N) is 6. The summed E-state index contributed by atoms with van der Waals surface area (Å²) in [5, 5.41) is 14.4. The highest BCUT2D eigenvalue weighted by atomic mass is 35.5. The zero-order chi connectivity index (χ0) is 41.2. The molecule has 1 unspecified atom stereocenters. The molecule has 0 bridgehead atoms. The molecular formula is C40H50ClF3N8O5S. The highest BCUT2D eigenvalue weighted by Gasteiger charge is 2.54. The van der Waals surface area contributed by atoms with Crippen LogP contribution in [-0.2, 0) is 25.4 Å². The summed E-state index contributed by atoms with van der Waals surface area (Å²) in [5.41, 5.74) is -1.70. The summed E-state index contributed by atoms with van der Waals surface area (Å²) in [6, 6.07) is 9.00. The number of nitriles is 1. The molecule has 3 saturated heterocycles. The number of urea groups is 1. The molecule has 58 heavy (non-hydrogen) atoms. The minimum absolute atomic E-state index is 0. The Balaban J connectivity index is 0.00000641. The first-order valence-electron chi connectivity index (χ1n) is 19.5. The van der Waals surface area contributed by atoms with Crippen LogP contribution in [0, 0.1) is 17.2 Å². The molecule has 1 aliphatic carbocycles. The van der Waals surface area contributed by atoms with E-state index in [2.05, 4.69) is 39.3 Å². The van der Waals surface area contributed by atoms with Crippen molar-refractivity contribution in [2.45, 2.75) is 120 Å². The molecule has 6 rings (SSSR count). The maximum atomic E-state index is 13.6. The van der Waals surface area contributed by atoms with Crippen molar-refractivity contribution < 1.29 is 37.1 Å². The lowest BCUT2D eigenvalue weighted by atomic mass is 9.81. The van der Waals surface area contributed by atoms with Gasteiger partial charge < -0.3 is 15.1 Å². The Morgan fingerprint density at radius 2 is 1.69 bits per heavy atom. The van der Waals surface area contributed by atoms with E-state index in [-0.39, 0.29) is 65.6 Å². The predicted molar refractivity (Wildman–Crippen MR) is 212 cm³/mol. The summed E-state index contributed by atoms with van der Waals surface area (Å²) in [6.45, 7) is 10.5. The number of anilines is 1. The molecule has 1 aromatic heterocycles. The highest BCUT2D eigenvalue weighted by Crippen LogP contribution is 2.42. The van der Waals surface area contributed by atoms with Crippen molar-refractivity contribution in [1.29, 1.82) is 5.26 Å². The molecular weight excluding hydrogens is 797 g/mol. The summed E-state index contributed by atoms with van der Waals surface area (Å²) in [7, 11) is 0. The molecule has 0 spiro atoms. The van der Waals surface area contributed by atoms with Crippen LogP contribution in [0.3, 0.4) is 0 Å². The first kappa shape index (κ1) is 44.9. The Hall–Kier alpha value is -4.24. The average Bonchev–Trinajstić information content (AvgIpc) is 3.32. The Labute approximate surface area is 347 Å². The summed E-state index contributed by atoms with van der Waals surface area (Å²) >= 11 is 0.595. The fraction of sp³-hybridized carbons (Fsp3) is 0.575. The van der Waals surface area contributed by atoms with Gasteiger partial charge in [0.05, 0.1) is 18.0 Å². The molecule has 18 heteroatoms. The molecule has 1 aromatic carbocycles. The number of piperazine rings is 1. The number of pyridine rings is 1. The predicted octanol–water partition coefficient (Wildman–Crippen LogP) is 6.34. The Bertz CT molecular complexity index is 1910. The van der Waals surface area contributed by atoms with Crippen molar-refractivity contribution in [2.24, 2.45) is 5.92 Å². The van der Waals surface area contributed by atoms with Gasteiger partial charge in [-0.25, -0.2) is 9.78 Å². The quantitative estimate of drug-likeness (QED) is 0.149. The fourth-order valence-corrected chi connectivity index (χ4v) is 9.76. The third-order valence-electron chi connectivity index (χ3n) is 11.8. The number of halogens is 4. The molecule has 6 amide bonds. The lowest BCUT2D eigenvalue weighted by molar-refractivity contribution is -0.138. The van der Waals surface area contributed by atoms with Crippen molar-refractivity contribution in [3.05, 3.63) is 53.3 Å². The fourth-order valence-electron chi connectivity index (χ4n) is 8.81. The van der Waals surface area contributed by atoms with E-state index in [4.69, 9.17) is 5.26 Å². The van der Waals surface area contributed by atoms with E-state index in [0.29, 0.717) is 36.4 Å². The van der Waals surface area contributed by atoms with E-state index >= 15 is 0 Å². The highest BCUT2D eigenvalue weighted by molar-refractivity contribution is 7.98. The monoisotopic (exact) mass is 846 g/mol. The van der Waals surface area contributed by atoms with Crippen molar-refractivity contribution >= 4 is 59.7 Å². The van der Waals surface area contributed by atoms with Crippen LogP contribution in [0.2, 0.25) is 0 Å². The molecule has 13 nitrogen and oxygen atoms in total. The largest absolute Gasteiger partial charge is 0.419 e. The second-order valence-corrected chi connectivity index (χ2v) is 17.2. The minimum atomic E-state index is -4.82. The number of amides is 6. The molecule has 4 fully saturated rings. The second kappa shape index (κ2) is 18.4. The van der Waals surface area contributed by atoms with Gasteiger partial charge in [0.25, 0.3) is 5.91 Å². The standard InChI is InChI=1S/C40H49F3N8O5S.ClH/c1-24-21-48(22-25(2)49(24)23-35(53)46-28-11-9-27(10-12-28)31-15-16-34(52)47-36(31)54)17-5-6-26-7-13-29(14-8-26)50-38(56)51(37(55)39(50,3)4)57-30-18-32(40(41,42)43)33(19-44)45-20-30;/h9-12,18,20,24-26,29,31H,5-8,13-17,21-23H2,1-4H3,(H,46,53)(H,47,52,54);1H/t24-,25+,26?,29?,31?;. The van der Waals surface area contributed by atoms with Crippen molar-refractivity contribution in [3.63, 3.8) is 0 Å². The number of hydrogen-bond donors (Lipinski definition) is 2. The number of alkyl halides is 3. The van der Waals surface area contributed by atoms with Crippen LogP contribution in [0.15, 0.2) is 41.4 Å². The van der Waals surface area contributed by atoms with Crippen LogP contribution in [0.5, 0.6) is 0 Å². The van der Waals surface area contributed by atoms with Crippen LogP contribution in [-0.4, -0.2) is 103 Å². The Morgan fingerprint density at radius 1 is 1.03 bits per heavy atom. The second-order valence-electron chi connectivity index (χ2n) is 16.2. The third-order valence-corrected chi connectivity index (χ3v) is 12.7. The minimum Gasteiger partial charge on any atom is -0.325 e. The van der Waals surface area contributed by atoms with Gasteiger partial charge in [-0.1, -0.05) is 12.1 Å². The normalized spacial score (nSPS) is 25.6. The van der Waals surface area contributed by atoms with Crippen molar-refractivity contribution in [1.82, 2.24) is 29.3 Å². The van der Waals surface area contributed by atoms with E-state index in [1.807, 2.05) is 12.1 Å². The maximum Gasteiger partial charge on any atom is 0.419 e. The van der Waals surface area contributed by atoms with E-state index in [1.54, 1.807) is 30.9 Å². The number of nitrogens with one attached hydrogen (secondary N) is 2. The Morgan fingerprint density at radius 3 is 2.29 bits per heavy atom. The van der Waals surface area contributed by atoms with E-state index in [0.717, 1.165) is 80.3 Å². The number of piperidine rings is 1. The molecule has 314 valence electrons. The van der Waals surface area contributed by atoms with Gasteiger partial charge in [0.2, 0.25) is 17.7 Å². The van der Waals surface area contributed by atoms with Gasteiger partial charge in [0, 0.05) is 66.4 Å². The molecule has 4 heterocycles. The third kappa shape index (κ3) is 9.95. The zero-order valence-electron chi connectivity index (χ0n) is 33.0. The first-order valence-corrected chi connectivity index (χ1v) is 20.3. The van der Waals surface area contributed by atoms with Crippen LogP contribution >= 0.6 is 24.4 Å². The van der Waals surface area contributed by atoms with Crippen molar-refractivity contribution in [2.75, 3.05) is 31.5 Å². The van der Waals surface area contributed by atoms with Crippen LogP contribution in [0.1, 0.15) is 102 Å². The van der Waals surface area contributed by atoms with Gasteiger partial charge in [-0.15, -0.1) is 12.4 Å². The van der Waals surface area contributed by atoms with Gasteiger partial charge in [0.1, 0.15) is 11.6 Å². The lowest BCUT2D eigenvalue weighted by Crippen LogP contribution is -2.58. The summed E-state index contributed by atoms with van der Waals surface area (Å²) in [6.07, 6.45) is 2.32. The molecule has 2 aromatic rings. The van der Waals surface area contributed by atoms with Gasteiger partial charge in [-0.05, 0) is 109 Å². The van der Waals surface area contributed by atoms with Crippen LogP contribution < -0.4 is 10.6 Å². The number of aromatic nitrogens is 1. The molecule has 4 aliphatic rings. The number of benzene rings is 1. The number of carbonyl (C=O) groups excluding carboxylic acids is 5. The topological polar surface area (TPSA) is 159 Å². The molecule has 3 aliphatic heterocycles. The lowest BCUT2D eigenvalue weighted by Gasteiger charge is -2.44. The molecule has 2 N–H and O–H groups in total. The van der Waals surface area contributed by atoms with Gasteiger partial charge in [-0.2, -0.15) is 22.7 Å². The van der Waals surface area contributed by atoms with E-state index < -0.39 is 34.9 Å². The molecule has 0 radical (unpaired) electrons. The summed E-state index contributed by atoms with van der Waals surface area (Å²) in [5.74, 6) is -1.07. The summed E-state index contributed by atoms with van der Waals surface area (Å²) in [4.78, 5) is 73.6. The van der Waals surface area contributed by atoms with Gasteiger partial charge in [0.15, 0.2) is 5.69 Å². The zero-order valence-corrected chi connectivity index (χ0v) is 34.6. The number of imide groups is 2.